The molecule has 0 saturated carbocycles. The summed E-state index contributed by atoms with van der Waals surface area (Å²) in [6.07, 6.45) is 5.66. The SMILES string of the molecule is Cc1ccc(-c2cn(C)c(=O)c(Nc3ccc([C@H]4C(=O)N(C)CCN4C)cc3)n2)c(F)c1NC(=O)c1cc2c(s1)CCCC2. The number of fused-ring (bicyclic) bond motifs is 1. The fourth-order valence-electron chi connectivity index (χ4n) is 5.85. The highest BCUT2D eigenvalue weighted by atomic mass is 32.1. The van der Waals surface area contributed by atoms with Gasteiger partial charge in [-0.2, -0.15) is 0 Å². The molecule has 0 spiro atoms. The van der Waals surface area contributed by atoms with Crippen molar-refractivity contribution < 1.29 is 14.0 Å². The number of nitrogens with one attached hydrogen (secondary N) is 2. The minimum Gasteiger partial charge on any atom is -0.343 e. The molecule has 4 aromatic rings. The van der Waals surface area contributed by atoms with Crippen LogP contribution in [0.15, 0.2) is 53.5 Å². The number of nitrogens with zero attached hydrogens (tertiary/aromatic N) is 4. The van der Waals surface area contributed by atoms with E-state index in [1.54, 1.807) is 50.2 Å². The third kappa shape index (κ3) is 5.65. The molecular formula is C33H35FN6O3S. The van der Waals surface area contributed by atoms with Crippen LogP contribution in [0.5, 0.6) is 0 Å². The molecule has 0 radical (unpaired) electrons. The summed E-state index contributed by atoms with van der Waals surface area (Å²) in [6, 6.07) is 12.2. The van der Waals surface area contributed by atoms with E-state index in [9.17, 15) is 14.4 Å². The number of carbonyl (C=O) groups is 2. The molecule has 2 aromatic carbocycles. The molecule has 6 rings (SSSR count). The van der Waals surface area contributed by atoms with Gasteiger partial charge in [-0.3, -0.25) is 19.3 Å². The number of thiophene rings is 1. The summed E-state index contributed by atoms with van der Waals surface area (Å²) in [5.41, 5.74) is 3.35. The van der Waals surface area contributed by atoms with E-state index in [0.717, 1.165) is 37.8 Å². The number of anilines is 3. The number of rotatable bonds is 6. The van der Waals surface area contributed by atoms with Gasteiger partial charge in [0.15, 0.2) is 11.6 Å². The van der Waals surface area contributed by atoms with Crippen LogP contribution in [-0.4, -0.2) is 58.4 Å². The minimum atomic E-state index is -0.618. The number of likely N-dealkylation sites (N-methyl/N-ethyl adjacent to an activating group) is 2. The largest absolute Gasteiger partial charge is 0.343 e. The summed E-state index contributed by atoms with van der Waals surface area (Å²) < 4.78 is 17.4. The van der Waals surface area contributed by atoms with E-state index in [2.05, 4.69) is 15.6 Å². The maximum Gasteiger partial charge on any atom is 0.293 e. The number of aryl methyl sites for hydroxylation is 4. The maximum atomic E-state index is 16.0. The Morgan fingerprint density at radius 2 is 1.77 bits per heavy atom. The first-order valence-electron chi connectivity index (χ1n) is 14.7. The lowest BCUT2D eigenvalue weighted by molar-refractivity contribution is -0.139. The van der Waals surface area contributed by atoms with E-state index in [1.165, 1.54) is 32.5 Å². The zero-order chi connectivity index (χ0) is 31.1. The van der Waals surface area contributed by atoms with Crippen molar-refractivity contribution in [3.63, 3.8) is 0 Å². The molecule has 2 aliphatic rings. The normalized spacial score (nSPS) is 17.0. The molecule has 2 amide bonds. The Hall–Kier alpha value is -4.35. The van der Waals surface area contributed by atoms with Crippen LogP contribution in [0.4, 0.5) is 21.6 Å². The Kier molecular flexibility index (Phi) is 8.08. The summed E-state index contributed by atoms with van der Waals surface area (Å²) >= 11 is 1.48. The number of benzene rings is 2. The van der Waals surface area contributed by atoms with Crippen molar-refractivity contribution in [2.24, 2.45) is 7.05 Å². The Labute approximate surface area is 259 Å². The highest BCUT2D eigenvalue weighted by Crippen LogP contribution is 2.33. The third-order valence-corrected chi connectivity index (χ3v) is 9.72. The lowest BCUT2D eigenvalue weighted by Gasteiger charge is -2.37. The van der Waals surface area contributed by atoms with Crippen LogP contribution in [0.2, 0.25) is 0 Å². The first-order chi connectivity index (χ1) is 21.1. The molecule has 1 saturated heterocycles. The molecular weight excluding hydrogens is 579 g/mol. The van der Waals surface area contributed by atoms with Crippen LogP contribution < -0.4 is 16.2 Å². The van der Waals surface area contributed by atoms with E-state index < -0.39 is 5.82 Å². The fourth-order valence-corrected chi connectivity index (χ4v) is 6.99. The van der Waals surface area contributed by atoms with E-state index in [0.29, 0.717) is 22.7 Å². The van der Waals surface area contributed by atoms with Gasteiger partial charge >= 0.3 is 0 Å². The number of hydrogen-bond acceptors (Lipinski definition) is 7. The predicted molar refractivity (Wildman–Crippen MR) is 171 cm³/mol. The van der Waals surface area contributed by atoms with E-state index in [1.807, 2.05) is 30.1 Å². The fraction of sp³-hybridized carbons (Fsp3) is 0.333. The summed E-state index contributed by atoms with van der Waals surface area (Å²) in [7, 11) is 5.31. The Morgan fingerprint density at radius 1 is 1.02 bits per heavy atom. The van der Waals surface area contributed by atoms with Crippen molar-refractivity contribution in [3.8, 4) is 11.3 Å². The lowest BCUT2D eigenvalue weighted by atomic mass is 9.99. The first-order valence-corrected chi connectivity index (χ1v) is 15.5. The lowest BCUT2D eigenvalue weighted by Crippen LogP contribution is -2.48. The topological polar surface area (TPSA) is 99.6 Å². The summed E-state index contributed by atoms with van der Waals surface area (Å²) in [6.45, 7) is 3.20. The van der Waals surface area contributed by atoms with Gasteiger partial charge in [0.05, 0.1) is 16.3 Å². The van der Waals surface area contributed by atoms with E-state index in [-0.39, 0.29) is 46.2 Å². The van der Waals surface area contributed by atoms with Crippen molar-refractivity contribution >= 4 is 40.3 Å². The average molecular weight is 615 g/mol. The third-order valence-electron chi connectivity index (χ3n) is 8.48. The number of halogens is 1. The molecule has 2 aromatic heterocycles. The predicted octanol–water partition coefficient (Wildman–Crippen LogP) is 5.28. The summed E-state index contributed by atoms with van der Waals surface area (Å²) in [5.74, 6) is -0.895. The Balaban J connectivity index is 1.26. The van der Waals surface area contributed by atoms with Crippen LogP contribution in [0, 0.1) is 12.7 Å². The molecule has 1 aliphatic heterocycles. The van der Waals surface area contributed by atoms with Crippen LogP contribution in [0.3, 0.4) is 0 Å². The number of piperazine rings is 1. The van der Waals surface area contributed by atoms with Crippen LogP contribution in [0.25, 0.3) is 11.3 Å². The minimum absolute atomic E-state index is 0.0260. The van der Waals surface area contributed by atoms with Crippen LogP contribution in [0.1, 0.15) is 50.1 Å². The maximum absolute atomic E-state index is 16.0. The second kappa shape index (κ2) is 12.0. The smallest absolute Gasteiger partial charge is 0.293 e. The zero-order valence-corrected chi connectivity index (χ0v) is 26.1. The molecule has 11 heteroatoms. The highest BCUT2D eigenvalue weighted by Gasteiger charge is 2.32. The van der Waals surface area contributed by atoms with Gasteiger partial charge in [-0.1, -0.05) is 18.2 Å². The van der Waals surface area contributed by atoms with Crippen molar-refractivity contribution in [3.05, 3.63) is 91.3 Å². The van der Waals surface area contributed by atoms with Gasteiger partial charge in [-0.05, 0) is 80.6 Å². The monoisotopic (exact) mass is 614 g/mol. The van der Waals surface area contributed by atoms with Gasteiger partial charge in [0.2, 0.25) is 5.91 Å². The number of hydrogen-bond donors (Lipinski definition) is 2. The van der Waals surface area contributed by atoms with Gasteiger partial charge < -0.3 is 20.1 Å². The summed E-state index contributed by atoms with van der Waals surface area (Å²) in [4.78, 5) is 49.0. The zero-order valence-electron chi connectivity index (χ0n) is 25.2. The second-order valence-corrected chi connectivity index (χ2v) is 12.8. The second-order valence-electron chi connectivity index (χ2n) is 11.6. The standard InChI is InChI=1S/C33H35FN6O3S/c1-19-9-14-23(27(34)28(19)37-31(41)26-17-21-7-5-6-8-25(21)44-26)24-18-40(4)33(43)30(36-24)35-22-12-10-20(11-13-22)29-32(42)39(3)16-15-38(29)2/h9-14,17-18,29H,5-8,15-16H2,1-4H3,(H,35,36)(H,37,41)/t29-/m0/s1. The average Bonchev–Trinajstić information content (AvgIpc) is 3.45. The Morgan fingerprint density at radius 3 is 2.52 bits per heavy atom. The first kappa shape index (κ1) is 29.7. The molecule has 1 atom stereocenters. The highest BCUT2D eigenvalue weighted by molar-refractivity contribution is 7.14. The molecule has 0 unspecified atom stereocenters. The van der Waals surface area contributed by atoms with Crippen LogP contribution in [-0.2, 0) is 24.7 Å². The molecule has 9 nitrogen and oxygen atoms in total. The van der Waals surface area contributed by atoms with Crippen molar-refractivity contribution in [2.75, 3.05) is 37.8 Å². The molecule has 1 fully saturated rings. The molecule has 3 heterocycles. The molecule has 2 N–H and O–H groups in total. The molecule has 228 valence electrons. The van der Waals surface area contributed by atoms with E-state index in [4.69, 9.17) is 0 Å². The van der Waals surface area contributed by atoms with Crippen molar-refractivity contribution in [1.29, 1.82) is 0 Å². The van der Waals surface area contributed by atoms with Crippen molar-refractivity contribution in [1.82, 2.24) is 19.4 Å². The Bertz CT molecular complexity index is 1790. The molecule has 0 bridgehead atoms. The molecule has 1 aliphatic carbocycles. The van der Waals surface area contributed by atoms with E-state index >= 15 is 4.39 Å². The molecule has 44 heavy (non-hydrogen) atoms. The number of carbonyl (C=O) groups excluding carboxylic acids is 2. The number of aromatic nitrogens is 2. The van der Waals surface area contributed by atoms with Gasteiger partial charge in [0.1, 0.15) is 6.04 Å². The van der Waals surface area contributed by atoms with Gasteiger partial charge in [-0.15, -0.1) is 11.3 Å². The van der Waals surface area contributed by atoms with Crippen molar-refractivity contribution in [2.45, 2.75) is 38.6 Å². The van der Waals surface area contributed by atoms with Gasteiger partial charge in [0.25, 0.3) is 11.5 Å². The van der Waals surface area contributed by atoms with Gasteiger partial charge in [0, 0.05) is 49.5 Å². The van der Waals surface area contributed by atoms with Gasteiger partial charge in [-0.25, -0.2) is 9.37 Å². The summed E-state index contributed by atoms with van der Waals surface area (Å²) in [5, 5.41) is 5.85. The number of amides is 2. The van der Waals surface area contributed by atoms with Crippen LogP contribution >= 0.6 is 11.3 Å². The quantitative estimate of drug-likeness (QED) is 0.307.